The molecule has 14 heavy (non-hydrogen) atoms. The zero-order valence-electron chi connectivity index (χ0n) is 9.87. The van der Waals surface area contributed by atoms with Crippen molar-refractivity contribution in [3.63, 3.8) is 0 Å². The van der Waals surface area contributed by atoms with Crippen LogP contribution < -0.4 is 0 Å². The van der Waals surface area contributed by atoms with E-state index in [0.29, 0.717) is 5.92 Å². The zero-order valence-corrected chi connectivity index (χ0v) is 9.87. The maximum Gasteiger partial charge on any atom is 0.0690 e. The first-order valence-electron chi connectivity index (χ1n) is 6.07. The quantitative estimate of drug-likeness (QED) is 0.751. The van der Waals surface area contributed by atoms with Crippen molar-refractivity contribution in [3.8, 4) is 0 Å². The van der Waals surface area contributed by atoms with Crippen molar-refractivity contribution in [2.45, 2.75) is 58.6 Å². The lowest BCUT2D eigenvalue weighted by molar-refractivity contribution is 0.0419. The van der Waals surface area contributed by atoms with Gasteiger partial charge < -0.3 is 5.11 Å². The van der Waals surface area contributed by atoms with Gasteiger partial charge in [0.05, 0.1) is 6.10 Å². The maximum atomic E-state index is 9.85. The van der Waals surface area contributed by atoms with Crippen LogP contribution in [-0.4, -0.2) is 35.2 Å². The summed E-state index contributed by atoms with van der Waals surface area (Å²) in [5, 5.41) is 9.85. The van der Waals surface area contributed by atoms with Crippen LogP contribution in [-0.2, 0) is 0 Å². The lowest BCUT2D eigenvalue weighted by Gasteiger charge is -2.37. The van der Waals surface area contributed by atoms with Gasteiger partial charge in [-0.1, -0.05) is 27.2 Å². The van der Waals surface area contributed by atoms with E-state index in [4.69, 9.17) is 0 Å². The highest BCUT2D eigenvalue weighted by Gasteiger charge is 2.23. The summed E-state index contributed by atoms with van der Waals surface area (Å²) < 4.78 is 0. The molecule has 2 nitrogen and oxygen atoms in total. The number of aliphatic hydroxyl groups excluding tert-OH is 1. The van der Waals surface area contributed by atoms with Crippen LogP contribution in [0.1, 0.15) is 46.5 Å². The molecule has 0 aromatic heterocycles. The minimum absolute atomic E-state index is 0.151. The van der Waals surface area contributed by atoms with Gasteiger partial charge in [0.1, 0.15) is 0 Å². The largest absolute Gasteiger partial charge is 0.392 e. The third-order valence-electron chi connectivity index (χ3n) is 3.41. The Labute approximate surface area is 88.3 Å². The Bertz CT molecular complexity index is 158. The molecule has 1 aliphatic rings. The molecule has 1 saturated heterocycles. The van der Waals surface area contributed by atoms with Crippen molar-refractivity contribution in [2.24, 2.45) is 5.92 Å². The summed E-state index contributed by atoms with van der Waals surface area (Å²) in [6, 6.07) is 0.720. The second kappa shape index (κ2) is 5.72. The van der Waals surface area contributed by atoms with Gasteiger partial charge >= 0.3 is 0 Å². The summed E-state index contributed by atoms with van der Waals surface area (Å²) in [7, 11) is 0. The van der Waals surface area contributed by atoms with Crippen molar-refractivity contribution in [1.82, 2.24) is 4.90 Å². The Morgan fingerprint density at radius 2 is 2.07 bits per heavy atom. The number of hydrogen-bond donors (Lipinski definition) is 1. The smallest absolute Gasteiger partial charge is 0.0690 e. The summed E-state index contributed by atoms with van der Waals surface area (Å²) >= 11 is 0. The second-order valence-electron chi connectivity index (χ2n) is 4.86. The third kappa shape index (κ3) is 3.25. The van der Waals surface area contributed by atoms with Crippen LogP contribution in [0.3, 0.4) is 0 Å². The number of hydrogen-bond acceptors (Lipinski definition) is 2. The normalized spacial score (nSPS) is 26.8. The molecule has 84 valence electrons. The van der Waals surface area contributed by atoms with Crippen LogP contribution in [0.15, 0.2) is 0 Å². The first-order chi connectivity index (χ1) is 6.65. The molecule has 1 rings (SSSR count). The first-order valence-corrected chi connectivity index (χ1v) is 6.07. The van der Waals surface area contributed by atoms with Crippen LogP contribution in [0.5, 0.6) is 0 Å². The van der Waals surface area contributed by atoms with E-state index in [1.54, 1.807) is 0 Å². The molecule has 0 saturated carbocycles. The van der Waals surface area contributed by atoms with E-state index in [0.717, 1.165) is 12.6 Å². The van der Waals surface area contributed by atoms with E-state index in [2.05, 4.69) is 25.7 Å². The molecule has 2 heteroatoms. The predicted octanol–water partition coefficient (Wildman–Crippen LogP) is 2.27. The van der Waals surface area contributed by atoms with E-state index in [-0.39, 0.29) is 6.10 Å². The molecule has 1 aliphatic heterocycles. The van der Waals surface area contributed by atoms with Crippen molar-refractivity contribution in [3.05, 3.63) is 0 Å². The predicted molar refractivity (Wildman–Crippen MR) is 60.3 cm³/mol. The van der Waals surface area contributed by atoms with Gasteiger partial charge in [-0.15, -0.1) is 0 Å². The number of piperidine rings is 1. The van der Waals surface area contributed by atoms with Gasteiger partial charge in [0.2, 0.25) is 0 Å². The summed E-state index contributed by atoms with van der Waals surface area (Å²) in [5.74, 6) is 0.384. The van der Waals surface area contributed by atoms with Crippen LogP contribution in [0.4, 0.5) is 0 Å². The molecule has 1 N–H and O–H groups in total. The third-order valence-corrected chi connectivity index (χ3v) is 3.41. The molecular formula is C12H25NO. The maximum absolute atomic E-state index is 9.85. The summed E-state index contributed by atoms with van der Waals surface area (Å²) in [4.78, 5) is 2.48. The van der Waals surface area contributed by atoms with Crippen LogP contribution >= 0.6 is 0 Å². The molecule has 1 heterocycles. The van der Waals surface area contributed by atoms with Crippen molar-refractivity contribution in [1.29, 1.82) is 0 Å². The molecule has 2 unspecified atom stereocenters. The van der Waals surface area contributed by atoms with Gasteiger partial charge in [-0.25, -0.2) is 0 Å². The van der Waals surface area contributed by atoms with E-state index in [1.165, 1.54) is 32.2 Å². The highest BCUT2D eigenvalue weighted by atomic mass is 16.3. The lowest BCUT2D eigenvalue weighted by atomic mass is 9.98. The van der Waals surface area contributed by atoms with Gasteiger partial charge in [-0.3, -0.25) is 4.90 Å². The number of rotatable bonds is 4. The summed E-state index contributed by atoms with van der Waals surface area (Å²) in [5.41, 5.74) is 0. The van der Waals surface area contributed by atoms with Gasteiger partial charge in [0.15, 0.2) is 0 Å². The van der Waals surface area contributed by atoms with Crippen LogP contribution in [0.25, 0.3) is 0 Å². The summed E-state index contributed by atoms with van der Waals surface area (Å²) in [6.45, 7) is 8.49. The van der Waals surface area contributed by atoms with E-state index in [1.807, 2.05) is 0 Å². The minimum atomic E-state index is -0.151. The van der Waals surface area contributed by atoms with Crippen molar-refractivity contribution in [2.75, 3.05) is 13.1 Å². The Hall–Kier alpha value is -0.0800. The van der Waals surface area contributed by atoms with Gasteiger partial charge in [0, 0.05) is 12.6 Å². The fourth-order valence-corrected chi connectivity index (χ4v) is 2.21. The Morgan fingerprint density at radius 1 is 1.36 bits per heavy atom. The van der Waals surface area contributed by atoms with Crippen molar-refractivity contribution < 1.29 is 5.11 Å². The van der Waals surface area contributed by atoms with E-state index in [9.17, 15) is 5.11 Å². The molecule has 0 aromatic rings. The SMILES string of the molecule is CCC1CCCCN1CC(O)C(C)C. The minimum Gasteiger partial charge on any atom is -0.392 e. The highest BCUT2D eigenvalue weighted by molar-refractivity contribution is 4.78. The number of nitrogens with zero attached hydrogens (tertiary/aromatic N) is 1. The molecule has 0 amide bonds. The fourth-order valence-electron chi connectivity index (χ4n) is 2.21. The van der Waals surface area contributed by atoms with E-state index < -0.39 is 0 Å². The Morgan fingerprint density at radius 3 is 2.64 bits per heavy atom. The molecule has 0 radical (unpaired) electrons. The number of β-amino-alcohol motifs (C(OH)–C–C–N with tert-alkyl or cyclic N) is 1. The standard InChI is InChI=1S/C12H25NO/c1-4-11-7-5-6-8-13(11)9-12(14)10(2)3/h10-12,14H,4-9H2,1-3H3. The first kappa shape index (κ1) is 12.0. The molecular weight excluding hydrogens is 174 g/mol. The van der Waals surface area contributed by atoms with Crippen LogP contribution in [0, 0.1) is 5.92 Å². The molecule has 0 aliphatic carbocycles. The molecule has 2 atom stereocenters. The molecule has 0 bridgehead atoms. The fraction of sp³-hybridized carbons (Fsp3) is 1.00. The molecule has 0 spiro atoms. The molecule has 1 fully saturated rings. The topological polar surface area (TPSA) is 23.5 Å². The van der Waals surface area contributed by atoms with E-state index >= 15 is 0 Å². The van der Waals surface area contributed by atoms with Gasteiger partial charge in [-0.05, 0) is 31.7 Å². The highest BCUT2D eigenvalue weighted by Crippen LogP contribution is 2.20. The average molecular weight is 199 g/mol. The average Bonchev–Trinajstić information content (AvgIpc) is 2.18. The monoisotopic (exact) mass is 199 g/mol. The van der Waals surface area contributed by atoms with Gasteiger partial charge in [0.25, 0.3) is 0 Å². The molecule has 0 aromatic carbocycles. The van der Waals surface area contributed by atoms with Crippen LogP contribution in [0.2, 0.25) is 0 Å². The Balaban J connectivity index is 2.40. The Kier molecular flexibility index (Phi) is 4.90. The zero-order chi connectivity index (χ0) is 10.6. The number of likely N-dealkylation sites (tertiary alicyclic amines) is 1. The second-order valence-corrected chi connectivity index (χ2v) is 4.86. The summed E-state index contributed by atoms with van der Waals surface area (Å²) in [6.07, 6.45) is 5.07. The number of aliphatic hydroxyl groups is 1. The van der Waals surface area contributed by atoms with Crippen molar-refractivity contribution >= 4 is 0 Å². The van der Waals surface area contributed by atoms with Gasteiger partial charge in [-0.2, -0.15) is 0 Å². The lowest BCUT2D eigenvalue weighted by Crippen LogP contribution is -2.44.